The molecule has 3 aromatic rings. The molecule has 8 heteroatoms. The summed E-state index contributed by atoms with van der Waals surface area (Å²) in [6, 6.07) is 8.65. The van der Waals surface area contributed by atoms with E-state index in [1.807, 2.05) is 0 Å². The largest absolute Gasteiger partial charge is 0.337 e. The van der Waals surface area contributed by atoms with Crippen LogP contribution < -0.4 is 11.2 Å². The van der Waals surface area contributed by atoms with Crippen LogP contribution in [-0.4, -0.2) is 27.4 Å². The number of halogens is 2. The van der Waals surface area contributed by atoms with Gasteiger partial charge in [0, 0.05) is 12.6 Å². The van der Waals surface area contributed by atoms with E-state index in [4.69, 9.17) is 0 Å². The molecule has 0 aliphatic carbocycles. The number of nitrogens with one attached hydrogen (secondary N) is 1. The molecule has 0 radical (unpaired) electrons. The maximum Gasteiger partial charge on any atom is 0.329 e. The number of likely N-dealkylation sites (N-methyl/N-ethyl adjacent to an activating group) is 1. The number of aromatic nitrogens is 2. The number of carbonyl (C=O) groups is 1. The topological polar surface area (TPSA) is 75.2 Å². The Bertz CT molecular complexity index is 1140. The van der Waals surface area contributed by atoms with E-state index in [2.05, 4.69) is 4.98 Å². The molecule has 1 amide bonds. The normalized spacial score (nSPS) is 12.1. The summed E-state index contributed by atoms with van der Waals surface area (Å²) in [6.45, 7) is 1.01. The zero-order valence-electron chi connectivity index (χ0n) is 14.7. The maximum absolute atomic E-state index is 14.0. The summed E-state index contributed by atoms with van der Waals surface area (Å²) < 4.78 is 28.2. The molecule has 0 fully saturated rings. The zero-order valence-corrected chi connectivity index (χ0v) is 14.7. The van der Waals surface area contributed by atoms with E-state index in [1.54, 1.807) is 24.3 Å². The molecule has 0 aliphatic rings. The fraction of sp³-hybridized carbons (Fsp3) is 0.211. The zero-order chi connectivity index (χ0) is 19.7. The van der Waals surface area contributed by atoms with Crippen LogP contribution in [0.1, 0.15) is 18.5 Å². The van der Waals surface area contributed by atoms with Crippen LogP contribution in [0.2, 0.25) is 0 Å². The van der Waals surface area contributed by atoms with Gasteiger partial charge in [0.05, 0.1) is 16.9 Å². The van der Waals surface area contributed by atoms with Crippen LogP contribution in [0.5, 0.6) is 0 Å². The SMILES string of the molecule is CC(c1cc(F)ccc1F)N(C)C(=O)Cn1c(=O)[nH]c2ccccc2c1=O. The first kappa shape index (κ1) is 18.5. The van der Waals surface area contributed by atoms with Crippen LogP contribution in [0.4, 0.5) is 8.78 Å². The van der Waals surface area contributed by atoms with E-state index >= 15 is 0 Å². The molecule has 1 unspecified atom stereocenters. The second-order valence-corrected chi connectivity index (χ2v) is 6.21. The van der Waals surface area contributed by atoms with Gasteiger partial charge in [-0.2, -0.15) is 0 Å². The minimum Gasteiger partial charge on any atom is -0.337 e. The first-order valence-corrected chi connectivity index (χ1v) is 8.22. The van der Waals surface area contributed by atoms with E-state index < -0.39 is 41.4 Å². The molecular formula is C19H17F2N3O3. The van der Waals surface area contributed by atoms with Crippen LogP contribution in [0.3, 0.4) is 0 Å². The highest BCUT2D eigenvalue weighted by Gasteiger charge is 2.22. The average Bonchev–Trinajstić information content (AvgIpc) is 2.65. The lowest BCUT2D eigenvalue weighted by atomic mass is 10.1. The van der Waals surface area contributed by atoms with Crippen molar-refractivity contribution < 1.29 is 13.6 Å². The first-order valence-electron chi connectivity index (χ1n) is 8.22. The van der Waals surface area contributed by atoms with Gasteiger partial charge in [-0.3, -0.25) is 14.2 Å². The maximum atomic E-state index is 14.0. The predicted molar refractivity (Wildman–Crippen MR) is 96.4 cm³/mol. The van der Waals surface area contributed by atoms with Crippen LogP contribution in [-0.2, 0) is 11.3 Å². The van der Waals surface area contributed by atoms with Crippen LogP contribution in [0.15, 0.2) is 52.1 Å². The Kier molecular flexibility index (Phi) is 4.89. The molecule has 0 aliphatic heterocycles. The van der Waals surface area contributed by atoms with E-state index in [0.29, 0.717) is 5.52 Å². The highest BCUT2D eigenvalue weighted by Crippen LogP contribution is 2.23. The number of H-pyrrole nitrogens is 1. The van der Waals surface area contributed by atoms with Gasteiger partial charge in [0.25, 0.3) is 5.56 Å². The molecule has 1 N–H and O–H groups in total. The minimum absolute atomic E-state index is 0.00520. The lowest BCUT2D eigenvalue weighted by Gasteiger charge is -2.26. The fourth-order valence-corrected chi connectivity index (χ4v) is 2.85. The number of benzene rings is 2. The molecule has 0 spiro atoms. The third-order valence-corrected chi connectivity index (χ3v) is 4.57. The predicted octanol–water partition coefficient (Wildman–Crippen LogP) is 2.19. The third-order valence-electron chi connectivity index (χ3n) is 4.57. The van der Waals surface area contributed by atoms with E-state index in [9.17, 15) is 23.2 Å². The molecule has 6 nitrogen and oxygen atoms in total. The van der Waals surface area contributed by atoms with Crippen molar-refractivity contribution in [3.8, 4) is 0 Å². The Hall–Kier alpha value is -3.29. The monoisotopic (exact) mass is 373 g/mol. The highest BCUT2D eigenvalue weighted by atomic mass is 19.1. The van der Waals surface area contributed by atoms with Crippen molar-refractivity contribution in [3.05, 3.63) is 80.5 Å². The van der Waals surface area contributed by atoms with E-state index in [0.717, 1.165) is 22.8 Å². The van der Waals surface area contributed by atoms with Crippen molar-refractivity contribution in [2.45, 2.75) is 19.5 Å². The number of fused-ring (bicyclic) bond motifs is 1. The number of rotatable bonds is 4. The van der Waals surface area contributed by atoms with Gasteiger partial charge in [-0.25, -0.2) is 13.6 Å². The number of carbonyl (C=O) groups excluding carboxylic acids is 1. The molecular weight excluding hydrogens is 356 g/mol. The number of hydrogen-bond donors (Lipinski definition) is 1. The van der Waals surface area contributed by atoms with E-state index in [-0.39, 0.29) is 10.9 Å². The average molecular weight is 373 g/mol. The van der Waals surface area contributed by atoms with Gasteiger partial charge in [0.15, 0.2) is 0 Å². The quantitative estimate of drug-likeness (QED) is 0.762. The van der Waals surface area contributed by atoms with Gasteiger partial charge < -0.3 is 9.88 Å². The molecule has 140 valence electrons. The van der Waals surface area contributed by atoms with Crippen molar-refractivity contribution in [3.63, 3.8) is 0 Å². The molecule has 3 rings (SSSR count). The van der Waals surface area contributed by atoms with Crippen molar-refractivity contribution in [1.82, 2.24) is 14.5 Å². The Balaban J connectivity index is 1.91. The lowest BCUT2D eigenvalue weighted by Crippen LogP contribution is -2.41. The van der Waals surface area contributed by atoms with Gasteiger partial charge in [-0.05, 0) is 37.3 Å². The van der Waals surface area contributed by atoms with Gasteiger partial charge in [-0.15, -0.1) is 0 Å². The summed E-state index contributed by atoms with van der Waals surface area (Å²) in [5.41, 5.74) is -0.934. The van der Waals surface area contributed by atoms with Crippen LogP contribution in [0, 0.1) is 11.6 Å². The molecule has 0 saturated heterocycles. The van der Waals surface area contributed by atoms with Gasteiger partial charge >= 0.3 is 5.69 Å². The van der Waals surface area contributed by atoms with Crippen LogP contribution in [0.25, 0.3) is 10.9 Å². The smallest absolute Gasteiger partial charge is 0.329 e. The summed E-state index contributed by atoms with van der Waals surface area (Å²) in [7, 11) is 1.40. The number of nitrogens with zero attached hydrogens (tertiary/aromatic N) is 2. The van der Waals surface area contributed by atoms with Gasteiger partial charge in [-0.1, -0.05) is 12.1 Å². The fourth-order valence-electron chi connectivity index (χ4n) is 2.85. The molecule has 0 saturated carbocycles. The second kappa shape index (κ2) is 7.14. The minimum atomic E-state index is -0.788. The van der Waals surface area contributed by atoms with Gasteiger partial charge in [0.1, 0.15) is 18.2 Å². The molecule has 2 aromatic carbocycles. The second-order valence-electron chi connectivity index (χ2n) is 6.21. The summed E-state index contributed by atoms with van der Waals surface area (Å²) in [6.07, 6.45) is 0. The molecule has 1 aromatic heterocycles. The summed E-state index contributed by atoms with van der Waals surface area (Å²) in [4.78, 5) is 41.0. The Morgan fingerprint density at radius 3 is 2.63 bits per heavy atom. The molecule has 1 atom stereocenters. The van der Waals surface area contributed by atoms with E-state index in [1.165, 1.54) is 18.9 Å². The van der Waals surface area contributed by atoms with Crippen LogP contribution >= 0.6 is 0 Å². The highest BCUT2D eigenvalue weighted by molar-refractivity contribution is 5.79. The molecule has 0 bridgehead atoms. The Morgan fingerprint density at radius 2 is 1.89 bits per heavy atom. The molecule has 27 heavy (non-hydrogen) atoms. The number of hydrogen-bond acceptors (Lipinski definition) is 3. The molecule has 1 heterocycles. The summed E-state index contributed by atoms with van der Waals surface area (Å²) in [5.74, 6) is -1.86. The summed E-state index contributed by atoms with van der Waals surface area (Å²) in [5, 5.41) is 0.275. The number of aromatic amines is 1. The Morgan fingerprint density at radius 1 is 1.19 bits per heavy atom. The summed E-state index contributed by atoms with van der Waals surface area (Å²) >= 11 is 0. The number of para-hydroxylation sites is 1. The lowest BCUT2D eigenvalue weighted by molar-refractivity contribution is -0.132. The van der Waals surface area contributed by atoms with Crippen molar-refractivity contribution >= 4 is 16.8 Å². The van der Waals surface area contributed by atoms with Gasteiger partial charge in [0.2, 0.25) is 5.91 Å². The number of amides is 1. The standard InChI is InChI=1S/C19H17F2N3O3/c1-11(14-9-12(20)7-8-15(14)21)23(2)17(25)10-24-18(26)13-5-3-4-6-16(13)22-19(24)27/h3-9,11H,10H2,1-2H3,(H,22,27). The third kappa shape index (κ3) is 3.51. The van der Waals surface area contributed by atoms with Crippen molar-refractivity contribution in [1.29, 1.82) is 0 Å². The first-order chi connectivity index (χ1) is 12.8. The Labute approximate surface area is 152 Å². The van der Waals surface area contributed by atoms with Crippen molar-refractivity contribution in [2.24, 2.45) is 0 Å². The van der Waals surface area contributed by atoms with Crippen molar-refractivity contribution in [2.75, 3.05) is 7.05 Å².